The Morgan fingerprint density at radius 1 is 1.00 bits per heavy atom. The minimum absolute atomic E-state index is 0.0418. The molecule has 30 heavy (non-hydrogen) atoms. The molecule has 0 saturated carbocycles. The zero-order valence-electron chi connectivity index (χ0n) is 15.3. The fourth-order valence-corrected chi connectivity index (χ4v) is 2.68. The minimum atomic E-state index is -4.62. The maximum atomic E-state index is 12.9. The lowest BCUT2D eigenvalue weighted by Gasteiger charge is -2.12. The highest BCUT2D eigenvalue weighted by atomic mass is 35.5. The number of anilines is 2. The van der Waals surface area contributed by atoms with Crippen molar-refractivity contribution in [3.63, 3.8) is 0 Å². The van der Waals surface area contributed by atoms with Gasteiger partial charge in [-0.15, -0.1) is 0 Å². The first kappa shape index (κ1) is 21.2. The molecule has 0 unspecified atom stereocenters. The van der Waals surface area contributed by atoms with E-state index in [1.165, 1.54) is 6.07 Å². The number of ether oxygens (including phenoxy) is 1. The Morgan fingerprint density at radius 3 is 2.33 bits per heavy atom. The molecule has 0 aliphatic rings. The lowest BCUT2D eigenvalue weighted by atomic mass is 10.2. The molecule has 3 rings (SSSR count). The summed E-state index contributed by atoms with van der Waals surface area (Å²) >= 11 is 5.57. The maximum absolute atomic E-state index is 12.9. The van der Waals surface area contributed by atoms with Crippen molar-refractivity contribution in [2.45, 2.75) is 6.18 Å². The highest BCUT2D eigenvalue weighted by molar-refractivity contribution is 6.31. The van der Waals surface area contributed by atoms with E-state index in [1.54, 1.807) is 48.7 Å². The van der Waals surface area contributed by atoms with Gasteiger partial charge in [0.15, 0.2) is 0 Å². The number of amides is 2. The van der Waals surface area contributed by atoms with E-state index in [4.69, 9.17) is 16.3 Å². The van der Waals surface area contributed by atoms with Crippen LogP contribution in [0.25, 0.3) is 6.08 Å². The Labute approximate surface area is 175 Å². The fourth-order valence-electron chi connectivity index (χ4n) is 2.46. The van der Waals surface area contributed by atoms with E-state index in [0.29, 0.717) is 22.9 Å². The molecule has 2 aromatic carbocycles. The summed E-state index contributed by atoms with van der Waals surface area (Å²) in [6, 6.07) is 12.3. The van der Waals surface area contributed by atoms with Crippen molar-refractivity contribution in [1.82, 2.24) is 4.98 Å². The SMILES string of the molecule is C=Cc1cc(Oc2ccc(NC(=O)Nc3ccc(Cl)c(C(F)(F)F)c3)cc2)ccn1. The molecule has 9 heteroatoms. The van der Waals surface area contributed by atoms with Gasteiger partial charge in [-0.25, -0.2) is 4.79 Å². The molecule has 0 fully saturated rings. The Balaban J connectivity index is 1.63. The molecular weight excluding hydrogens is 419 g/mol. The molecule has 0 aliphatic carbocycles. The number of aromatic nitrogens is 1. The van der Waals surface area contributed by atoms with Crippen molar-refractivity contribution >= 4 is 35.1 Å². The normalized spacial score (nSPS) is 10.9. The second-order valence-electron chi connectivity index (χ2n) is 6.02. The predicted molar refractivity (Wildman–Crippen MR) is 110 cm³/mol. The fraction of sp³-hybridized carbons (Fsp3) is 0.0476. The number of nitrogens with one attached hydrogen (secondary N) is 2. The summed E-state index contributed by atoms with van der Waals surface area (Å²) in [4.78, 5) is 16.2. The van der Waals surface area contributed by atoms with Gasteiger partial charge in [0.1, 0.15) is 11.5 Å². The Hall–Kier alpha value is -3.52. The average Bonchev–Trinajstić information content (AvgIpc) is 2.70. The van der Waals surface area contributed by atoms with Gasteiger partial charge in [0.05, 0.1) is 16.3 Å². The largest absolute Gasteiger partial charge is 0.457 e. The van der Waals surface area contributed by atoms with Crippen LogP contribution < -0.4 is 15.4 Å². The van der Waals surface area contributed by atoms with Gasteiger partial charge >= 0.3 is 12.2 Å². The molecule has 2 N–H and O–H groups in total. The van der Waals surface area contributed by atoms with Gasteiger partial charge in [0.25, 0.3) is 0 Å². The van der Waals surface area contributed by atoms with Gasteiger partial charge in [-0.05, 0) is 54.6 Å². The Morgan fingerprint density at radius 2 is 1.67 bits per heavy atom. The summed E-state index contributed by atoms with van der Waals surface area (Å²) in [5.41, 5.74) is 0.0174. The summed E-state index contributed by atoms with van der Waals surface area (Å²) in [5, 5.41) is 4.42. The van der Waals surface area contributed by atoms with Crippen LogP contribution >= 0.6 is 11.6 Å². The Kier molecular flexibility index (Phi) is 6.27. The van der Waals surface area contributed by atoms with Crippen LogP contribution in [0.3, 0.4) is 0 Å². The summed E-state index contributed by atoms with van der Waals surface area (Å²) in [5.74, 6) is 1.09. The van der Waals surface area contributed by atoms with Gasteiger partial charge in [-0.1, -0.05) is 18.2 Å². The highest BCUT2D eigenvalue weighted by Gasteiger charge is 2.33. The third-order valence-corrected chi connectivity index (χ3v) is 4.17. The van der Waals surface area contributed by atoms with Crippen LogP contribution in [0, 0.1) is 0 Å². The summed E-state index contributed by atoms with van der Waals surface area (Å²) < 4.78 is 44.4. The third kappa shape index (κ3) is 5.51. The second-order valence-corrected chi connectivity index (χ2v) is 6.43. The van der Waals surface area contributed by atoms with E-state index in [-0.39, 0.29) is 5.69 Å². The number of carbonyl (C=O) groups is 1. The number of carbonyl (C=O) groups excluding carboxylic acids is 1. The molecular formula is C21H15ClF3N3O2. The van der Waals surface area contributed by atoms with E-state index >= 15 is 0 Å². The molecule has 1 heterocycles. The number of pyridine rings is 1. The number of rotatable bonds is 5. The number of hydrogen-bond acceptors (Lipinski definition) is 3. The van der Waals surface area contributed by atoms with Crippen molar-refractivity contribution in [2.24, 2.45) is 0 Å². The maximum Gasteiger partial charge on any atom is 0.417 e. The lowest BCUT2D eigenvalue weighted by Crippen LogP contribution is -2.19. The second kappa shape index (κ2) is 8.87. The summed E-state index contributed by atoms with van der Waals surface area (Å²) in [7, 11) is 0. The van der Waals surface area contributed by atoms with Crippen LogP contribution in [-0.4, -0.2) is 11.0 Å². The number of alkyl halides is 3. The van der Waals surface area contributed by atoms with Crippen molar-refractivity contribution in [2.75, 3.05) is 10.6 Å². The molecule has 5 nitrogen and oxygen atoms in total. The third-order valence-electron chi connectivity index (χ3n) is 3.84. The molecule has 0 bridgehead atoms. The van der Waals surface area contributed by atoms with Crippen molar-refractivity contribution in [3.8, 4) is 11.5 Å². The van der Waals surface area contributed by atoms with Gasteiger partial charge < -0.3 is 15.4 Å². The number of benzene rings is 2. The topological polar surface area (TPSA) is 63.2 Å². The van der Waals surface area contributed by atoms with Gasteiger partial charge in [0.2, 0.25) is 0 Å². The first-order chi connectivity index (χ1) is 14.2. The molecule has 0 spiro atoms. The van der Waals surface area contributed by atoms with Crippen LogP contribution in [-0.2, 0) is 6.18 Å². The zero-order valence-corrected chi connectivity index (χ0v) is 16.1. The highest BCUT2D eigenvalue weighted by Crippen LogP contribution is 2.36. The van der Waals surface area contributed by atoms with Crippen LogP contribution in [0.1, 0.15) is 11.3 Å². The molecule has 2 amide bonds. The lowest BCUT2D eigenvalue weighted by molar-refractivity contribution is -0.137. The molecule has 3 aromatic rings. The molecule has 0 radical (unpaired) electrons. The van der Waals surface area contributed by atoms with E-state index in [0.717, 1.165) is 12.1 Å². The van der Waals surface area contributed by atoms with Crippen LogP contribution in [0.5, 0.6) is 11.5 Å². The molecule has 154 valence electrons. The quantitative estimate of drug-likeness (QED) is 0.463. The molecule has 0 atom stereocenters. The molecule has 0 saturated heterocycles. The number of hydrogen-bond donors (Lipinski definition) is 2. The van der Waals surface area contributed by atoms with Crippen LogP contribution in [0.2, 0.25) is 5.02 Å². The standard InChI is InChI=1S/C21H15ClF3N3O2/c1-2-13-11-17(9-10-26-13)30-16-6-3-14(4-7-16)27-20(29)28-15-5-8-19(22)18(12-15)21(23,24)25/h2-12H,1H2,(H2,27,28,29). The number of halogens is 4. The van der Waals surface area contributed by atoms with Crippen LogP contribution in [0.15, 0.2) is 67.4 Å². The summed E-state index contributed by atoms with van der Waals surface area (Å²) in [6.45, 7) is 3.64. The first-order valence-electron chi connectivity index (χ1n) is 8.56. The van der Waals surface area contributed by atoms with E-state index < -0.39 is 22.8 Å². The zero-order chi connectivity index (χ0) is 21.7. The minimum Gasteiger partial charge on any atom is -0.457 e. The number of urea groups is 1. The summed E-state index contributed by atoms with van der Waals surface area (Å²) in [6.07, 6.45) is -1.44. The molecule has 0 aliphatic heterocycles. The van der Waals surface area contributed by atoms with Gasteiger partial charge in [-0.2, -0.15) is 13.2 Å². The van der Waals surface area contributed by atoms with Crippen molar-refractivity contribution in [1.29, 1.82) is 0 Å². The van der Waals surface area contributed by atoms with Gasteiger partial charge in [-0.3, -0.25) is 4.98 Å². The number of nitrogens with zero attached hydrogens (tertiary/aromatic N) is 1. The first-order valence-corrected chi connectivity index (χ1v) is 8.93. The molecule has 1 aromatic heterocycles. The van der Waals surface area contributed by atoms with Crippen LogP contribution in [0.4, 0.5) is 29.3 Å². The van der Waals surface area contributed by atoms with E-state index in [2.05, 4.69) is 22.2 Å². The monoisotopic (exact) mass is 433 g/mol. The average molecular weight is 434 g/mol. The predicted octanol–water partition coefficient (Wildman–Crippen LogP) is 6.83. The smallest absolute Gasteiger partial charge is 0.417 e. The Bertz CT molecular complexity index is 1070. The van der Waals surface area contributed by atoms with E-state index in [1.807, 2.05) is 0 Å². The van der Waals surface area contributed by atoms with Crippen molar-refractivity contribution < 1.29 is 22.7 Å². The van der Waals surface area contributed by atoms with Gasteiger partial charge in [0, 0.05) is 23.6 Å². The van der Waals surface area contributed by atoms with Crippen molar-refractivity contribution in [3.05, 3.63) is 83.7 Å². The van der Waals surface area contributed by atoms with E-state index in [9.17, 15) is 18.0 Å².